The first kappa shape index (κ1) is 31.7. The summed E-state index contributed by atoms with van der Waals surface area (Å²) in [5.41, 5.74) is 9.51. The molecule has 1 saturated carbocycles. The Morgan fingerprint density at radius 1 is 1.26 bits per heavy atom. The molecule has 1 heterocycles. The minimum Gasteiger partial charge on any atom is -0.355 e. The van der Waals surface area contributed by atoms with Crippen LogP contribution in [0.4, 0.5) is 0 Å². The molecule has 0 bridgehead atoms. The quantitative estimate of drug-likeness (QED) is 0.225. The maximum atomic E-state index is 12.9. The van der Waals surface area contributed by atoms with Crippen molar-refractivity contribution in [3.8, 4) is 6.07 Å². The lowest BCUT2D eigenvalue weighted by atomic mass is 9.86. The smallest absolute Gasteiger partial charge is 0.253 e. The number of allylic oxidation sites excluding steroid dienone is 5. The van der Waals surface area contributed by atoms with Crippen LogP contribution in [0.25, 0.3) is 0 Å². The lowest BCUT2D eigenvalue weighted by Gasteiger charge is -2.30. The lowest BCUT2D eigenvalue weighted by molar-refractivity contribution is 0.0827. The van der Waals surface area contributed by atoms with Crippen LogP contribution in [0.3, 0.4) is 0 Å². The number of hydrogen-bond acceptors (Lipinski definition) is 6. The number of amides is 1. The molecule has 4 rings (SSSR count). The monoisotopic (exact) mass is 579 g/mol. The Balaban J connectivity index is 1.54. The summed E-state index contributed by atoms with van der Waals surface area (Å²) in [5, 5.41) is 20.5. The summed E-state index contributed by atoms with van der Waals surface area (Å²) in [6.07, 6.45) is 12.0. The normalized spacial score (nSPS) is 20.3. The van der Waals surface area contributed by atoms with Crippen molar-refractivity contribution in [3.63, 3.8) is 0 Å². The first-order chi connectivity index (χ1) is 20.6. The predicted octanol–water partition coefficient (Wildman–Crippen LogP) is 5.53. The number of aryl methyl sites for hydroxylation is 1. The Hall–Kier alpha value is -4.18. The number of rotatable bonds is 14. The summed E-state index contributed by atoms with van der Waals surface area (Å²) in [7, 11) is 3.55. The van der Waals surface area contributed by atoms with E-state index in [9.17, 15) is 10.1 Å². The Labute approximate surface area is 256 Å². The number of carbonyl (C=O) groups excluding carboxylic acids is 1. The van der Waals surface area contributed by atoms with Gasteiger partial charge in [-0.2, -0.15) is 10.4 Å². The van der Waals surface area contributed by atoms with Gasteiger partial charge in [-0.25, -0.2) is 4.98 Å². The van der Waals surface area contributed by atoms with Crippen molar-refractivity contribution in [1.29, 1.82) is 5.26 Å². The summed E-state index contributed by atoms with van der Waals surface area (Å²) < 4.78 is 0. The summed E-state index contributed by atoms with van der Waals surface area (Å²) in [5.74, 6) is 1.86. The second kappa shape index (κ2) is 14.3. The van der Waals surface area contributed by atoms with Gasteiger partial charge in [0.15, 0.2) is 0 Å². The van der Waals surface area contributed by atoms with E-state index >= 15 is 0 Å². The molecule has 0 saturated heterocycles. The molecule has 0 radical (unpaired) electrons. The van der Waals surface area contributed by atoms with Crippen LogP contribution in [0, 0.1) is 23.2 Å². The number of aromatic nitrogens is 3. The molecule has 226 valence electrons. The largest absolute Gasteiger partial charge is 0.355 e. The summed E-state index contributed by atoms with van der Waals surface area (Å²) in [6.45, 7) is 14.2. The zero-order valence-electron chi connectivity index (χ0n) is 26.4. The molecular formula is C35H45N7O. The van der Waals surface area contributed by atoms with Gasteiger partial charge in [0, 0.05) is 43.9 Å². The fraction of sp³-hybridized carbons (Fsp3) is 0.457. The molecule has 1 amide bonds. The number of hydrogen-bond donors (Lipinski definition) is 2. The number of nitrogens with zero attached hydrogens (tertiary/aromatic N) is 5. The summed E-state index contributed by atoms with van der Waals surface area (Å²) in [6, 6.07) is 8.59. The summed E-state index contributed by atoms with van der Waals surface area (Å²) in [4.78, 5) is 21.3. The Kier molecular flexibility index (Phi) is 10.6. The first-order valence-corrected chi connectivity index (χ1v) is 15.2. The zero-order valence-corrected chi connectivity index (χ0v) is 26.4. The minimum absolute atomic E-state index is 0.0171. The number of nitrogens with one attached hydrogen (secondary N) is 2. The average molecular weight is 580 g/mol. The van der Waals surface area contributed by atoms with Crippen molar-refractivity contribution in [3.05, 3.63) is 100 Å². The SMILES string of the molecule is C=C(CNCCC(c1ncn[nH]1)c1ccc(C(=O)N(C)C)cc1CCC1=C(C)C=C=CC=C1)N(C(C)C#N)C1C(C)C1C. The zero-order chi connectivity index (χ0) is 31.1. The molecule has 2 N–H and O–H groups in total. The van der Waals surface area contributed by atoms with Crippen molar-refractivity contribution in [1.82, 2.24) is 30.3 Å². The second-order valence-corrected chi connectivity index (χ2v) is 12.0. The van der Waals surface area contributed by atoms with Crippen LogP contribution in [-0.4, -0.2) is 70.2 Å². The molecule has 2 aromatic rings. The highest BCUT2D eigenvalue weighted by Crippen LogP contribution is 2.44. The van der Waals surface area contributed by atoms with E-state index in [1.54, 1.807) is 25.3 Å². The molecule has 1 aromatic heterocycles. The van der Waals surface area contributed by atoms with Gasteiger partial charge in [0.25, 0.3) is 5.91 Å². The van der Waals surface area contributed by atoms with Gasteiger partial charge in [0.1, 0.15) is 18.2 Å². The van der Waals surface area contributed by atoms with Crippen LogP contribution in [0.1, 0.15) is 73.8 Å². The topological polar surface area (TPSA) is 101 Å². The number of carbonyl (C=O) groups is 1. The van der Waals surface area contributed by atoms with E-state index in [1.165, 1.54) is 11.1 Å². The van der Waals surface area contributed by atoms with Crippen LogP contribution >= 0.6 is 0 Å². The van der Waals surface area contributed by atoms with E-state index in [0.717, 1.165) is 48.5 Å². The van der Waals surface area contributed by atoms with E-state index < -0.39 is 0 Å². The van der Waals surface area contributed by atoms with Crippen LogP contribution < -0.4 is 5.32 Å². The maximum Gasteiger partial charge on any atom is 0.253 e. The van der Waals surface area contributed by atoms with Gasteiger partial charge in [-0.1, -0.05) is 38.6 Å². The minimum atomic E-state index is -0.215. The van der Waals surface area contributed by atoms with Gasteiger partial charge in [0.05, 0.1) is 6.07 Å². The molecule has 2 aliphatic carbocycles. The molecule has 8 heteroatoms. The van der Waals surface area contributed by atoms with Gasteiger partial charge < -0.3 is 15.1 Å². The standard InChI is InChI=1S/C35H45N7O/c1-23-11-9-8-10-12-28(23)13-14-29-19-30(35(43)41(6)7)15-16-31(29)32(34-38-22-39-40-34)17-18-37-21-25(3)42(24(2)20-36)33-26(4)27(33)5/h8,10-12,15-16,19,22,24,26-27,32-33,37H,3,13-14,17-18,21H2,1-2,4-7H3,(H,38,39,40). The molecule has 1 aromatic carbocycles. The molecule has 0 spiro atoms. The highest BCUT2D eigenvalue weighted by atomic mass is 16.2. The van der Waals surface area contributed by atoms with E-state index in [0.29, 0.717) is 30.0 Å². The fourth-order valence-electron chi connectivity index (χ4n) is 6.06. The Morgan fingerprint density at radius 3 is 2.67 bits per heavy atom. The third-order valence-electron chi connectivity index (χ3n) is 8.89. The average Bonchev–Trinajstić information content (AvgIpc) is 3.34. The van der Waals surface area contributed by atoms with E-state index in [1.807, 2.05) is 37.3 Å². The highest BCUT2D eigenvalue weighted by molar-refractivity contribution is 5.94. The van der Waals surface area contributed by atoms with Gasteiger partial charge >= 0.3 is 0 Å². The van der Waals surface area contributed by atoms with Crippen molar-refractivity contribution in [2.24, 2.45) is 11.8 Å². The summed E-state index contributed by atoms with van der Waals surface area (Å²) >= 11 is 0. The van der Waals surface area contributed by atoms with Crippen LogP contribution in [0.5, 0.6) is 0 Å². The lowest BCUT2D eigenvalue weighted by Crippen LogP contribution is -2.38. The molecule has 43 heavy (non-hydrogen) atoms. The third kappa shape index (κ3) is 7.62. The molecule has 0 aliphatic heterocycles. The van der Waals surface area contributed by atoms with Gasteiger partial charge in [0.2, 0.25) is 0 Å². The fourth-order valence-corrected chi connectivity index (χ4v) is 6.06. The predicted molar refractivity (Wildman–Crippen MR) is 171 cm³/mol. The second-order valence-electron chi connectivity index (χ2n) is 12.0. The first-order valence-electron chi connectivity index (χ1n) is 15.2. The van der Waals surface area contributed by atoms with Crippen molar-refractivity contribution in [2.45, 2.75) is 65.0 Å². The molecular weight excluding hydrogens is 534 g/mol. The molecule has 2 aliphatic rings. The van der Waals surface area contributed by atoms with E-state index in [-0.39, 0.29) is 17.9 Å². The maximum absolute atomic E-state index is 12.9. The number of H-pyrrole nitrogens is 1. The van der Waals surface area contributed by atoms with Crippen molar-refractivity contribution >= 4 is 5.91 Å². The van der Waals surface area contributed by atoms with Gasteiger partial charge in [-0.15, -0.1) is 5.73 Å². The Bertz CT molecular complexity index is 1460. The highest BCUT2D eigenvalue weighted by Gasteiger charge is 2.48. The molecule has 8 nitrogen and oxygen atoms in total. The van der Waals surface area contributed by atoms with Gasteiger partial charge in [-0.05, 0) is 98.0 Å². The molecule has 4 atom stereocenters. The van der Waals surface area contributed by atoms with Crippen molar-refractivity contribution < 1.29 is 4.79 Å². The van der Waals surface area contributed by atoms with E-state index in [2.05, 4.69) is 76.7 Å². The van der Waals surface area contributed by atoms with Crippen LogP contribution in [0.15, 0.2) is 78.0 Å². The van der Waals surface area contributed by atoms with Crippen LogP contribution in [-0.2, 0) is 6.42 Å². The number of nitriles is 1. The number of benzene rings is 1. The van der Waals surface area contributed by atoms with Crippen molar-refractivity contribution in [2.75, 3.05) is 27.2 Å². The van der Waals surface area contributed by atoms with Gasteiger partial charge in [-0.3, -0.25) is 9.89 Å². The van der Waals surface area contributed by atoms with Crippen LogP contribution in [0.2, 0.25) is 0 Å². The molecule has 4 unspecified atom stereocenters. The van der Waals surface area contributed by atoms with E-state index in [4.69, 9.17) is 0 Å². The Morgan fingerprint density at radius 2 is 2.02 bits per heavy atom. The number of aromatic amines is 1. The third-order valence-corrected chi connectivity index (χ3v) is 8.89. The molecule has 1 fully saturated rings.